The zero-order valence-electron chi connectivity index (χ0n) is 13.0. The molecule has 1 saturated heterocycles. The van der Waals surface area contributed by atoms with Crippen LogP contribution in [-0.2, 0) is 14.3 Å². The fourth-order valence-corrected chi connectivity index (χ4v) is 4.64. The summed E-state index contributed by atoms with van der Waals surface area (Å²) in [6, 6.07) is 6.36. The first-order valence-electron chi connectivity index (χ1n) is 7.55. The van der Waals surface area contributed by atoms with Crippen molar-refractivity contribution in [3.63, 3.8) is 0 Å². The topological polar surface area (TPSA) is 46.6 Å². The predicted molar refractivity (Wildman–Crippen MR) is 91.0 cm³/mol. The monoisotopic (exact) mass is 357 g/mol. The Kier molecular flexibility index (Phi) is 7.23. The van der Waals surface area contributed by atoms with Crippen LogP contribution in [-0.4, -0.2) is 46.8 Å². The second-order valence-electron chi connectivity index (χ2n) is 4.98. The molecular weight excluding hydrogens is 337 g/mol. The third-order valence-corrected chi connectivity index (χ3v) is 5.89. The first-order valence-corrected chi connectivity index (χ1v) is 9.58. The Hall–Kier alpha value is -1.21. The number of rotatable bonds is 7. The zero-order valence-corrected chi connectivity index (χ0v) is 14.6. The highest BCUT2D eigenvalue weighted by molar-refractivity contribution is 8.03. The lowest BCUT2D eigenvalue weighted by atomic mass is 10.2. The maximum Gasteiger partial charge on any atom is 0.306 e. The molecule has 0 aromatic heterocycles. The predicted octanol–water partition coefficient (Wildman–Crippen LogP) is 3.16. The van der Waals surface area contributed by atoms with Gasteiger partial charge in [0.25, 0.3) is 0 Å². The molecular formula is C16H20FNO3S2. The number of esters is 1. The van der Waals surface area contributed by atoms with Crippen LogP contribution < -0.4 is 0 Å². The molecule has 2 rings (SSSR count). The summed E-state index contributed by atoms with van der Waals surface area (Å²) in [6.07, 6.45) is 0.322. The number of nitrogens with zero attached hydrogens (tertiary/aromatic N) is 1. The minimum absolute atomic E-state index is 0.00670. The van der Waals surface area contributed by atoms with E-state index in [0.29, 0.717) is 13.2 Å². The van der Waals surface area contributed by atoms with E-state index in [4.69, 9.17) is 4.74 Å². The number of hydrogen-bond acceptors (Lipinski definition) is 5. The Balaban J connectivity index is 1.80. The molecule has 0 spiro atoms. The van der Waals surface area contributed by atoms with Crippen molar-refractivity contribution in [2.24, 2.45) is 0 Å². The third-order valence-electron chi connectivity index (χ3n) is 3.36. The molecule has 0 N–H and O–H groups in total. The number of halogens is 1. The molecule has 126 valence electrons. The summed E-state index contributed by atoms with van der Waals surface area (Å²) in [6.45, 7) is 2.80. The summed E-state index contributed by atoms with van der Waals surface area (Å²) in [5.41, 5.74) is 0. The fraction of sp³-hybridized carbons (Fsp3) is 0.500. The van der Waals surface area contributed by atoms with Gasteiger partial charge in [-0.1, -0.05) is 0 Å². The van der Waals surface area contributed by atoms with Crippen LogP contribution in [0, 0.1) is 5.82 Å². The van der Waals surface area contributed by atoms with Gasteiger partial charge in [0, 0.05) is 29.4 Å². The number of thioether (sulfide) groups is 2. The highest BCUT2D eigenvalue weighted by atomic mass is 32.2. The van der Waals surface area contributed by atoms with Crippen LogP contribution in [0.5, 0.6) is 0 Å². The number of hydrogen-bond donors (Lipinski definition) is 0. The molecule has 1 fully saturated rings. The normalized spacial score (nSPS) is 17.3. The van der Waals surface area contributed by atoms with Crippen LogP contribution in [0.15, 0.2) is 29.2 Å². The van der Waals surface area contributed by atoms with E-state index in [0.717, 1.165) is 16.4 Å². The number of benzene rings is 1. The second-order valence-corrected chi connectivity index (χ2v) is 7.36. The van der Waals surface area contributed by atoms with E-state index in [2.05, 4.69) is 0 Å². The molecule has 0 saturated carbocycles. The third kappa shape index (κ3) is 5.73. The van der Waals surface area contributed by atoms with Crippen molar-refractivity contribution in [2.45, 2.75) is 30.0 Å². The van der Waals surface area contributed by atoms with Crippen LogP contribution in [0.3, 0.4) is 0 Å². The molecule has 1 heterocycles. The molecule has 0 radical (unpaired) electrons. The van der Waals surface area contributed by atoms with Gasteiger partial charge in [-0.05, 0) is 31.2 Å². The lowest BCUT2D eigenvalue weighted by molar-refractivity contribution is -0.145. The highest BCUT2D eigenvalue weighted by Crippen LogP contribution is 2.30. The molecule has 1 aliphatic heterocycles. The van der Waals surface area contributed by atoms with Crippen molar-refractivity contribution in [3.8, 4) is 0 Å². The molecule has 7 heteroatoms. The van der Waals surface area contributed by atoms with Crippen LogP contribution in [0.25, 0.3) is 0 Å². The van der Waals surface area contributed by atoms with Gasteiger partial charge < -0.3 is 9.64 Å². The van der Waals surface area contributed by atoms with Crippen LogP contribution in [0.4, 0.5) is 4.39 Å². The van der Waals surface area contributed by atoms with Crippen molar-refractivity contribution >= 4 is 35.4 Å². The smallest absolute Gasteiger partial charge is 0.306 e. The summed E-state index contributed by atoms with van der Waals surface area (Å²) in [4.78, 5) is 26.4. The largest absolute Gasteiger partial charge is 0.466 e. The molecule has 0 bridgehead atoms. The number of ether oxygens (including phenoxy) is 1. The van der Waals surface area contributed by atoms with Gasteiger partial charge in [0.15, 0.2) is 0 Å². The maximum atomic E-state index is 12.9. The van der Waals surface area contributed by atoms with Gasteiger partial charge >= 0.3 is 5.97 Å². The van der Waals surface area contributed by atoms with Gasteiger partial charge in [0.1, 0.15) is 5.82 Å². The van der Waals surface area contributed by atoms with Gasteiger partial charge in [-0.3, -0.25) is 9.59 Å². The first kappa shape index (κ1) is 18.1. The minimum Gasteiger partial charge on any atom is -0.466 e. The molecule has 4 nitrogen and oxygen atoms in total. The van der Waals surface area contributed by atoms with Gasteiger partial charge in [-0.15, -0.1) is 23.5 Å². The summed E-state index contributed by atoms with van der Waals surface area (Å²) in [5.74, 6) is 1.07. The Morgan fingerprint density at radius 3 is 2.78 bits per heavy atom. The van der Waals surface area contributed by atoms with E-state index >= 15 is 0 Å². The summed E-state index contributed by atoms with van der Waals surface area (Å²) >= 11 is 3.35. The summed E-state index contributed by atoms with van der Waals surface area (Å²) < 4.78 is 17.7. The standard InChI is InChI=1S/C16H20FNO3S2/c1-2-21-16(20)8-7-14(19)18-9-10-22-15(18)11-23-13-5-3-12(17)4-6-13/h3-6,15H,2,7-11H2,1H3. The second kappa shape index (κ2) is 9.17. The summed E-state index contributed by atoms with van der Waals surface area (Å²) in [7, 11) is 0. The van der Waals surface area contributed by atoms with E-state index < -0.39 is 0 Å². The first-order chi connectivity index (χ1) is 11.1. The lowest BCUT2D eigenvalue weighted by Crippen LogP contribution is -2.36. The van der Waals surface area contributed by atoms with E-state index in [9.17, 15) is 14.0 Å². The Labute approximate surface area is 144 Å². The van der Waals surface area contributed by atoms with Gasteiger partial charge in [-0.25, -0.2) is 4.39 Å². The van der Waals surface area contributed by atoms with Crippen molar-refractivity contribution in [1.82, 2.24) is 4.90 Å². The fourth-order valence-electron chi connectivity index (χ4n) is 2.23. The maximum absolute atomic E-state index is 12.9. The van der Waals surface area contributed by atoms with E-state index in [1.807, 2.05) is 4.90 Å². The molecule has 1 aromatic rings. The van der Waals surface area contributed by atoms with Crippen LogP contribution >= 0.6 is 23.5 Å². The van der Waals surface area contributed by atoms with Crippen molar-refractivity contribution < 1.29 is 18.7 Å². The number of carbonyl (C=O) groups is 2. The van der Waals surface area contributed by atoms with Crippen molar-refractivity contribution in [3.05, 3.63) is 30.1 Å². The molecule has 1 aromatic carbocycles. The molecule has 23 heavy (non-hydrogen) atoms. The van der Waals surface area contributed by atoms with Gasteiger partial charge in [0.2, 0.25) is 5.91 Å². The van der Waals surface area contributed by atoms with Gasteiger partial charge in [0.05, 0.1) is 18.4 Å². The minimum atomic E-state index is -0.329. The Bertz CT molecular complexity index is 539. The SMILES string of the molecule is CCOC(=O)CCC(=O)N1CCSC1CSc1ccc(F)cc1. The van der Waals surface area contributed by atoms with E-state index in [1.54, 1.807) is 42.6 Å². The van der Waals surface area contributed by atoms with E-state index in [-0.39, 0.29) is 35.9 Å². The average molecular weight is 357 g/mol. The quantitative estimate of drug-likeness (QED) is 0.554. The highest BCUT2D eigenvalue weighted by Gasteiger charge is 2.29. The Morgan fingerprint density at radius 2 is 2.09 bits per heavy atom. The molecule has 1 unspecified atom stereocenters. The van der Waals surface area contributed by atoms with Gasteiger partial charge in [-0.2, -0.15) is 0 Å². The van der Waals surface area contributed by atoms with Crippen LogP contribution in [0.2, 0.25) is 0 Å². The molecule has 0 aliphatic carbocycles. The number of carbonyl (C=O) groups excluding carboxylic acids is 2. The van der Waals surface area contributed by atoms with Crippen molar-refractivity contribution in [1.29, 1.82) is 0 Å². The average Bonchev–Trinajstić information content (AvgIpc) is 3.01. The van der Waals surface area contributed by atoms with E-state index in [1.165, 1.54) is 12.1 Å². The zero-order chi connectivity index (χ0) is 16.7. The van der Waals surface area contributed by atoms with Crippen LogP contribution in [0.1, 0.15) is 19.8 Å². The lowest BCUT2D eigenvalue weighted by Gasteiger charge is -2.23. The Morgan fingerprint density at radius 1 is 1.35 bits per heavy atom. The summed E-state index contributed by atoms with van der Waals surface area (Å²) in [5, 5.41) is 0.0970. The molecule has 1 aliphatic rings. The molecule has 1 atom stereocenters. The van der Waals surface area contributed by atoms with Crippen molar-refractivity contribution in [2.75, 3.05) is 24.7 Å². The number of amides is 1. The molecule has 1 amide bonds.